The maximum Gasteiger partial charge on any atom is 0.183 e. The zero-order chi connectivity index (χ0) is 14.8. The molecule has 1 unspecified atom stereocenters. The summed E-state index contributed by atoms with van der Waals surface area (Å²) in [7, 11) is 3.87. The third-order valence-electron chi connectivity index (χ3n) is 3.58. The molecule has 0 saturated heterocycles. The molecule has 0 spiro atoms. The van der Waals surface area contributed by atoms with E-state index in [-0.39, 0.29) is 6.04 Å². The second kappa shape index (κ2) is 5.79. The second-order valence-electron chi connectivity index (χ2n) is 4.87. The number of pyridine rings is 1. The average molecular weight is 298 g/mol. The Bertz CT molecular complexity index is 761. The summed E-state index contributed by atoms with van der Waals surface area (Å²) >= 11 is 1.68. The van der Waals surface area contributed by atoms with E-state index in [0.29, 0.717) is 0 Å². The predicted octanol–water partition coefficient (Wildman–Crippen LogP) is 3.68. The molecule has 21 heavy (non-hydrogen) atoms. The second-order valence-corrected chi connectivity index (χ2v) is 5.90. The van der Waals surface area contributed by atoms with E-state index in [1.807, 2.05) is 26.4 Å². The van der Waals surface area contributed by atoms with E-state index in [1.165, 1.54) is 4.88 Å². The van der Waals surface area contributed by atoms with E-state index in [0.717, 1.165) is 27.3 Å². The van der Waals surface area contributed by atoms with Gasteiger partial charge in [0.25, 0.3) is 0 Å². The summed E-state index contributed by atoms with van der Waals surface area (Å²) in [6.07, 6.45) is 1.83. The summed E-state index contributed by atoms with van der Waals surface area (Å²) < 4.78 is 0. The van der Waals surface area contributed by atoms with Gasteiger partial charge in [-0.2, -0.15) is 0 Å². The van der Waals surface area contributed by atoms with Crippen molar-refractivity contribution < 1.29 is 0 Å². The lowest BCUT2D eigenvalue weighted by atomic mass is 10.0. The molecule has 4 nitrogen and oxygen atoms in total. The molecule has 3 rings (SSSR count). The molecule has 0 fully saturated rings. The minimum absolute atomic E-state index is 0.249. The summed E-state index contributed by atoms with van der Waals surface area (Å²) in [5.41, 5.74) is 3.09. The molecule has 0 aliphatic heterocycles. The average Bonchev–Trinajstić information content (AvgIpc) is 2.97. The fraction of sp³-hybridized carbons (Fsp3) is 0.250. The number of para-hydroxylation sites is 1. The van der Waals surface area contributed by atoms with Gasteiger partial charge in [0.15, 0.2) is 5.13 Å². The van der Waals surface area contributed by atoms with Crippen molar-refractivity contribution in [1.82, 2.24) is 15.3 Å². The Hall–Kier alpha value is -1.98. The van der Waals surface area contributed by atoms with Gasteiger partial charge in [0, 0.05) is 30.2 Å². The van der Waals surface area contributed by atoms with Crippen molar-refractivity contribution in [2.75, 3.05) is 19.4 Å². The molecule has 2 aromatic heterocycles. The van der Waals surface area contributed by atoms with Crippen LogP contribution in [0.15, 0.2) is 36.5 Å². The first-order valence-electron chi connectivity index (χ1n) is 6.94. The first-order valence-corrected chi connectivity index (χ1v) is 7.76. The lowest BCUT2D eigenvalue weighted by molar-refractivity contribution is 0.664. The fourth-order valence-electron chi connectivity index (χ4n) is 2.35. The smallest absolute Gasteiger partial charge is 0.183 e. The van der Waals surface area contributed by atoms with Crippen LogP contribution in [-0.4, -0.2) is 24.1 Å². The molecule has 1 aromatic carbocycles. The highest BCUT2D eigenvalue weighted by atomic mass is 32.1. The molecule has 0 bridgehead atoms. The molecule has 1 atom stereocenters. The van der Waals surface area contributed by atoms with Gasteiger partial charge in [-0.05, 0) is 20.0 Å². The Morgan fingerprint density at radius 2 is 1.95 bits per heavy atom. The van der Waals surface area contributed by atoms with Gasteiger partial charge in [-0.15, -0.1) is 0 Å². The molecule has 108 valence electrons. The van der Waals surface area contributed by atoms with Crippen LogP contribution in [0.4, 0.5) is 5.13 Å². The van der Waals surface area contributed by atoms with Crippen LogP contribution in [0.5, 0.6) is 0 Å². The lowest BCUT2D eigenvalue weighted by Crippen LogP contribution is -2.11. The largest absolute Gasteiger partial charge is 0.365 e. The number of anilines is 1. The van der Waals surface area contributed by atoms with E-state index < -0.39 is 0 Å². The Morgan fingerprint density at radius 1 is 1.14 bits per heavy atom. The van der Waals surface area contributed by atoms with Crippen molar-refractivity contribution in [1.29, 1.82) is 0 Å². The minimum atomic E-state index is 0.249. The van der Waals surface area contributed by atoms with Crippen molar-refractivity contribution in [3.63, 3.8) is 0 Å². The number of aromatic nitrogens is 2. The first-order chi connectivity index (χ1) is 10.2. The zero-order valence-electron chi connectivity index (χ0n) is 12.3. The van der Waals surface area contributed by atoms with Gasteiger partial charge in [-0.25, -0.2) is 4.98 Å². The van der Waals surface area contributed by atoms with E-state index in [2.05, 4.69) is 46.8 Å². The standard InChI is InChI=1S/C16H18N4S/c1-10(17-2)15-14(20-16(18-3)21-15)12-8-4-6-11-7-5-9-19-13(11)12/h4-10,17H,1-3H3,(H,18,20). The molecule has 3 aromatic rings. The minimum Gasteiger partial charge on any atom is -0.365 e. The van der Waals surface area contributed by atoms with Crippen LogP contribution in [-0.2, 0) is 0 Å². The number of fused-ring (bicyclic) bond motifs is 1. The lowest BCUT2D eigenvalue weighted by Gasteiger charge is -2.11. The molecule has 0 saturated carbocycles. The van der Waals surface area contributed by atoms with Gasteiger partial charge in [-0.1, -0.05) is 35.6 Å². The summed E-state index contributed by atoms with van der Waals surface area (Å²) in [6.45, 7) is 2.15. The molecule has 0 aliphatic carbocycles. The molecule has 2 heterocycles. The van der Waals surface area contributed by atoms with E-state index in [9.17, 15) is 0 Å². The maximum atomic E-state index is 4.75. The summed E-state index contributed by atoms with van der Waals surface area (Å²) in [6, 6.07) is 10.5. The van der Waals surface area contributed by atoms with Crippen molar-refractivity contribution in [2.24, 2.45) is 0 Å². The van der Waals surface area contributed by atoms with Crippen LogP contribution >= 0.6 is 11.3 Å². The molecule has 0 radical (unpaired) electrons. The molecule has 0 amide bonds. The van der Waals surface area contributed by atoms with Gasteiger partial charge in [0.2, 0.25) is 0 Å². The highest BCUT2D eigenvalue weighted by molar-refractivity contribution is 7.16. The van der Waals surface area contributed by atoms with Crippen LogP contribution in [0.3, 0.4) is 0 Å². The highest BCUT2D eigenvalue weighted by Crippen LogP contribution is 2.37. The van der Waals surface area contributed by atoms with Crippen molar-refractivity contribution >= 4 is 27.4 Å². The van der Waals surface area contributed by atoms with Crippen LogP contribution in [0.1, 0.15) is 17.8 Å². The molecular weight excluding hydrogens is 280 g/mol. The Kier molecular flexibility index (Phi) is 3.86. The van der Waals surface area contributed by atoms with Gasteiger partial charge in [0.05, 0.1) is 16.1 Å². The van der Waals surface area contributed by atoms with E-state index in [1.54, 1.807) is 11.3 Å². The topological polar surface area (TPSA) is 49.8 Å². The molecular formula is C16H18N4S. The van der Waals surface area contributed by atoms with Crippen molar-refractivity contribution in [3.8, 4) is 11.3 Å². The number of benzene rings is 1. The summed E-state index contributed by atoms with van der Waals surface area (Å²) in [5.74, 6) is 0. The van der Waals surface area contributed by atoms with Crippen molar-refractivity contribution in [2.45, 2.75) is 13.0 Å². The SMILES string of the molecule is CNc1nc(-c2cccc3cccnc23)c(C(C)NC)s1. The predicted molar refractivity (Wildman–Crippen MR) is 89.9 cm³/mol. The monoisotopic (exact) mass is 298 g/mol. The van der Waals surface area contributed by atoms with Crippen LogP contribution in [0, 0.1) is 0 Å². The fourth-order valence-corrected chi connectivity index (χ4v) is 3.35. The number of rotatable bonds is 4. The van der Waals surface area contributed by atoms with Gasteiger partial charge >= 0.3 is 0 Å². The van der Waals surface area contributed by atoms with Gasteiger partial charge in [0.1, 0.15) is 0 Å². The van der Waals surface area contributed by atoms with Crippen LogP contribution in [0.2, 0.25) is 0 Å². The molecule has 0 aliphatic rings. The Labute approximate surface area is 128 Å². The Balaban J connectivity index is 2.25. The van der Waals surface area contributed by atoms with Crippen LogP contribution in [0.25, 0.3) is 22.2 Å². The quantitative estimate of drug-likeness (QED) is 0.771. The zero-order valence-corrected chi connectivity index (χ0v) is 13.2. The maximum absolute atomic E-state index is 4.75. The van der Waals surface area contributed by atoms with E-state index in [4.69, 9.17) is 4.98 Å². The third kappa shape index (κ3) is 2.50. The van der Waals surface area contributed by atoms with E-state index >= 15 is 0 Å². The molecule has 5 heteroatoms. The number of hydrogen-bond acceptors (Lipinski definition) is 5. The normalized spacial score (nSPS) is 12.5. The summed E-state index contributed by atoms with van der Waals surface area (Å²) in [4.78, 5) is 10.5. The number of nitrogens with zero attached hydrogens (tertiary/aromatic N) is 2. The number of hydrogen-bond donors (Lipinski definition) is 2. The highest BCUT2D eigenvalue weighted by Gasteiger charge is 2.19. The Morgan fingerprint density at radius 3 is 2.71 bits per heavy atom. The van der Waals surface area contributed by atoms with Crippen molar-refractivity contribution in [3.05, 3.63) is 41.4 Å². The summed E-state index contributed by atoms with van der Waals surface area (Å²) in [5, 5.41) is 8.50. The number of thiazole rings is 1. The van der Waals surface area contributed by atoms with Gasteiger partial charge in [-0.3, -0.25) is 4.98 Å². The first kappa shape index (κ1) is 14.0. The molecule has 2 N–H and O–H groups in total. The van der Waals surface area contributed by atoms with Gasteiger partial charge < -0.3 is 10.6 Å². The third-order valence-corrected chi connectivity index (χ3v) is 4.84. The number of nitrogens with one attached hydrogen (secondary N) is 2. The van der Waals surface area contributed by atoms with Crippen LogP contribution < -0.4 is 10.6 Å².